The molecule has 0 unspecified atom stereocenters. The Morgan fingerprint density at radius 2 is 1.91 bits per heavy atom. The number of rotatable bonds is 5. The summed E-state index contributed by atoms with van der Waals surface area (Å²) in [5, 5.41) is 13.8. The number of ether oxygens (including phenoxy) is 1. The Balaban J connectivity index is 2.11. The zero-order chi connectivity index (χ0) is 17.0. The van der Waals surface area contributed by atoms with Crippen LogP contribution in [0, 0.1) is 10.1 Å². The van der Waals surface area contributed by atoms with Crippen LogP contribution in [-0.2, 0) is 4.79 Å². The van der Waals surface area contributed by atoms with Crippen molar-refractivity contribution in [3.8, 4) is 5.75 Å². The molecule has 23 heavy (non-hydrogen) atoms. The van der Waals surface area contributed by atoms with Gasteiger partial charge in [0.2, 0.25) is 0 Å². The number of halogens is 2. The third-order valence-electron chi connectivity index (χ3n) is 2.93. The van der Waals surface area contributed by atoms with Crippen molar-refractivity contribution >= 4 is 40.5 Å². The van der Waals surface area contributed by atoms with Crippen LogP contribution >= 0.6 is 23.2 Å². The van der Waals surface area contributed by atoms with Crippen molar-refractivity contribution in [1.29, 1.82) is 0 Å². The molecule has 2 aromatic carbocycles. The van der Waals surface area contributed by atoms with E-state index in [1.807, 2.05) is 0 Å². The summed E-state index contributed by atoms with van der Waals surface area (Å²) >= 11 is 11.9. The van der Waals surface area contributed by atoms with Crippen LogP contribution in [-0.4, -0.2) is 16.9 Å². The van der Waals surface area contributed by atoms with Crippen LogP contribution < -0.4 is 10.1 Å². The van der Waals surface area contributed by atoms with Gasteiger partial charge in [-0.1, -0.05) is 35.3 Å². The van der Waals surface area contributed by atoms with Crippen molar-refractivity contribution in [3.63, 3.8) is 0 Å². The second-order valence-corrected chi connectivity index (χ2v) is 5.42. The van der Waals surface area contributed by atoms with Gasteiger partial charge in [-0.05, 0) is 25.1 Å². The lowest BCUT2D eigenvalue weighted by atomic mass is 10.2. The van der Waals surface area contributed by atoms with Gasteiger partial charge in [0.25, 0.3) is 11.6 Å². The maximum Gasteiger partial charge on any atom is 0.271 e. The normalized spacial score (nSPS) is 11.6. The number of carbonyl (C=O) groups excluding carboxylic acids is 1. The van der Waals surface area contributed by atoms with Crippen LogP contribution in [0.1, 0.15) is 6.92 Å². The lowest BCUT2D eigenvalue weighted by Crippen LogP contribution is -2.30. The number of non-ortho nitro benzene ring substituents is 1. The van der Waals surface area contributed by atoms with Crippen molar-refractivity contribution < 1.29 is 14.5 Å². The van der Waals surface area contributed by atoms with Gasteiger partial charge >= 0.3 is 0 Å². The molecule has 0 aromatic heterocycles. The molecule has 0 saturated heterocycles. The van der Waals surface area contributed by atoms with E-state index in [9.17, 15) is 14.9 Å². The fourth-order valence-electron chi connectivity index (χ4n) is 1.74. The van der Waals surface area contributed by atoms with Gasteiger partial charge in [-0.15, -0.1) is 0 Å². The molecule has 0 spiro atoms. The molecule has 0 radical (unpaired) electrons. The predicted octanol–water partition coefficient (Wildman–Crippen LogP) is 4.31. The predicted molar refractivity (Wildman–Crippen MR) is 88.3 cm³/mol. The second kappa shape index (κ2) is 7.30. The standard InChI is InChI=1S/C15H12Cl2N2O4/c1-9(23-14-5-3-2-4-12(14)17)15(20)18-13-8-10(19(21)22)6-7-11(13)16/h2-9H,1H3,(H,18,20)/t9-/m0/s1. The first-order valence-electron chi connectivity index (χ1n) is 6.54. The van der Waals surface area contributed by atoms with E-state index in [0.717, 1.165) is 0 Å². The summed E-state index contributed by atoms with van der Waals surface area (Å²) in [5.41, 5.74) is -0.0372. The number of hydrogen-bond donors (Lipinski definition) is 1. The molecule has 2 rings (SSSR count). The smallest absolute Gasteiger partial charge is 0.271 e. The number of nitro benzene ring substituents is 1. The monoisotopic (exact) mass is 354 g/mol. The van der Waals surface area contributed by atoms with Crippen LogP contribution in [0.3, 0.4) is 0 Å². The minimum Gasteiger partial charge on any atom is -0.479 e. The van der Waals surface area contributed by atoms with Crippen LogP contribution in [0.25, 0.3) is 0 Å². The molecule has 1 atom stereocenters. The van der Waals surface area contributed by atoms with Gasteiger partial charge in [-0.25, -0.2) is 0 Å². The average molecular weight is 355 g/mol. The quantitative estimate of drug-likeness (QED) is 0.640. The molecular formula is C15H12Cl2N2O4. The van der Waals surface area contributed by atoms with Gasteiger partial charge in [-0.3, -0.25) is 14.9 Å². The Morgan fingerprint density at radius 3 is 2.57 bits per heavy atom. The van der Waals surface area contributed by atoms with Crippen LogP contribution in [0.4, 0.5) is 11.4 Å². The SMILES string of the molecule is C[C@H](Oc1ccccc1Cl)C(=O)Nc1cc([N+](=O)[O-])ccc1Cl. The summed E-state index contributed by atoms with van der Waals surface area (Å²) in [5.74, 6) is -0.144. The molecule has 0 aliphatic carbocycles. The van der Waals surface area contributed by atoms with Gasteiger partial charge < -0.3 is 10.1 Å². The Kier molecular flexibility index (Phi) is 5.41. The second-order valence-electron chi connectivity index (χ2n) is 4.60. The van der Waals surface area contributed by atoms with Gasteiger partial charge in [0, 0.05) is 12.1 Å². The van der Waals surface area contributed by atoms with E-state index in [4.69, 9.17) is 27.9 Å². The number of anilines is 1. The number of hydrogen-bond acceptors (Lipinski definition) is 4. The summed E-state index contributed by atoms with van der Waals surface area (Å²) in [6, 6.07) is 10.5. The highest BCUT2D eigenvalue weighted by atomic mass is 35.5. The molecule has 2 aromatic rings. The zero-order valence-electron chi connectivity index (χ0n) is 12.0. The maximum absolute atomic E-state index is 12.2. The fraction of sp³-hybridized carbons (Fsp3) is 0.133. The molecule has 1 N–H and O–H groups in total. The van der Waals surface area contributed by atoms with Crippen molar-refractivity contribution in [2.75, 3.05) is 5.32 Å². The van der Waals surface area contributed by atoms with Gasteiger partial charge in [0.1, 0.15) is 5.75 Å². The van der Waals surface area contributed by atoms with E-state index in [0.29, 0.717) is 10.8 Å². The molecule has 0 aliphatic rings. The van der Waals surface area contributed by atoms with Crippen LogP contribution in [0.2, 0.25) is 10.0 Å². The van der Waals surface area contributed by atoms with E-state index >= 15 is 0 Å². The molecule has 8 heteroatoms. The first-order valence-corrected chi connectivity index (χ1v) is 7.30. The van der Waals surface area contributed by atoms with E-state index in [1.54, 1.807) is 24.3 Å². The molecule has 6 nitrogen and oxygen atoms in total. The third kappa shape index (κ3) is 4.34. The van der Waals surface area contributed by atoms with E-state index in [-0.39, 0.29) is 16.4 Å². The molecule has 0 saturated carbocycles. The van der Waals surface area contributed by atoms with Gasteiger partial charge in [0.05, 0.1) is 20.7 Å². The fourth-order valence-corrected chi connectivity index (χ4v) is 2.09. The Hall–Kier alpha value is -2.31. The molecule has 0 aliphatic heterocycles. The Morgan fingerprint density at radius 1 is 1.22 bits per heavy atom. The van der Waals surface area contributed by atoms with E-state index < -0.39 is 16.9 Å². The van der Waals surface area contributed by atoms with Crippen LogP contribution in [0.15, 0.2) is 42.5 Å². The largest absolute Gasteiger partial charge is 0.479 e. The first-order chi connectivity index (χ1) is 10.9. The number of nitrogens with zero attached hydrogens (tertiary/aromatic N) is 1. The van der Waals surface area contributed by atoms with Crippen molar-refractivity contribution in [1.82, 2.24) is 0 Å². The molecule has 0 bridgehead atoms. The van der Waals surface area contributed by atoms with E-state index in [1.165, 1.54) is 25.1 Å². The zero-order valence-corrected chi connectivity index (χ0v) is 13.5. The number of benzene rings is 2. The number of amides is 1. The van der Waals surface area contributed by atoms with Crippen molar-refractivity contribution in [2.45, 2.75) is 13.0 Å². The lowest BCUT2D eigenvalue weighted by molar-refractivity contribution is -0.384. The molecule has 1 amide bonds. The number of nitro groups is 1. The summed E-state index contributed by atoms with van der Waals surface area (Å²) in [4.78, 5) is 22.4. The number of nitrogens with one attached hydrogen (secondary N) is 1. The average Bonchev–Trinajstić information content (AvgIpc) is 2.51. The van der Waals surface area contributed by atoms with Crippen LogP contribution in [0.5, 0.6) is 5.75 Å². The van der Waals surface area contributed by atoms with Crippen molar-refractivity contribution in [3.05, 3.63) is 62.6 Å². The minimum atomic E-state index is -0.870. The summed E-state index contributed by atoms with van der Waals surface area (Å²) in [6.45, 7) is 1.53. The third-order valence-corrected chi connectivity index (χ3v) is 3.57. The highest BCUT2D eigenvalue weighted by Gasteiger charge is 2.18. The Bertz CT molecular complexity index is 752. The number of carbonyl (C=O) groups is 1. The first kappa shape index (κ1) is 17.1. The summed E-state index contributed by atoms with van der Waals surface area (Å²) in [7, 11) is 0. The lowest BCUT2D eigenvalue weighted by Gasteiger charge is -2.16. The molecular weight excluding hydrogens is 343 g/mol. The topological polar surface area (TPSA) is 81.5 Å². The van der Waals surface area contributed by atoms with Gasteiger partial charge in [0.15, 0.2) is 6.10 Å². The molecule has 120 valence electrons. The van der Waals surface area contributed by atoms with Crippen molar-refractivity contribution in [2.24, 2.45) is 0 Å². The van der Waals surface area contributed by atoms with E-state index in [2.05, 4.69) is 5.32 Å². The number of para-hydroxylation sites is 1. The highest BCUT2D eigenvalue weighted by Crippen LogP contribution is 2.28. The summed E-state index contributed by atoms with van der Waals surface area (Å²) in [6.07, 6.45) is -0.870. The van der Waals surface area contributed by atoms with Gasteiger partial charge in [-0.2, -0.15) is 0 Å². The summed E-state index contributed by atoms with van der Waals surface area (Å²) < 4.78 is 5.48. The molecule has 0 fully saturated rings. The Labute approximate surface area is 142 Å². The highest BCUT2D eigenvalue weighted by molar-refractivity contribution is 6.34. The molecule has 0 heterocycles. The minimum absolute atomic E-state index is 0.139. The maximum atomic E-state index is 12.2.